The lowest BCUT2D eigenvalue weighted by Crippen LogP contribution is -2.41. The predicted octanol–water partition coefficient (Wildman–Crippen LogP) is 3.08. The molecule has 0 aromatic heterocycles. The summed E-state index contributed by atoms with van der Waals surface area (Å²) in [5.41, 5.74) is 0.689. The van der Waals surface area contributed by atoms with Crippen LogP contribution < -0.4 is 10.2 Å². The van der Waals surface area contributed by atoms with E-state index in [1.165, 1.54) is 14.2 Å². The van der Waals surface area contributed by atoms with Crippen molar-refractivity contribution in [1.29, 1.82) is 0 Å². The number of hydrogen-bond acceptors (Lipinski definition) is 6. The van der Waals surface area contributed by atoms with E-state index in [0.717, 1.165) is 5.46 Å². The lowest BCUT2D eigenvalue weighted by molar-refractivity contribution is 0.00578. The van der Waals surface area contributed by atoms with Crippen LogP contribution in [0.5, 0.6) is 5.75 Å². The van der Waals surface area contributed by atoms with Gasteiger partial charge in [-0.2, -0.15) is 0 Å². The van der Waals surface area contributed by atoms with E-state index in [1.807, 2.05) is 52.0 Å². The summed E-state index contributed by atoms with van der Waals surface area (Å²) in [5, 5.41) is 0. The van der Waals surface area contributed by atoms with Crippen molar-refractivity contribution in [2.75, 3.05) is 20.8 Å². The third-order valence-electron chi connectivity index (χ3n) is 4.94. The fraction of sp³-hybridized carbons (Fsp3) is 0.450. The van der Waals surface area contributed by atoms with E-state index in [-0.39, 0.29) is 17.8 Å². The number of hydrogen-bond donors (Lipinski definition) is 0. The van der Waals surface area contributed by atoms with Gasteiger partial charge in [0.1, 0.15) is 18.1 Å². The Morgan fingerprint density at radius 3 is 2.04 bits per heavy atom. The predicted molar refractivity (Wildman–Crippen MR) is 107 cm³/mol. The molecule has 1 saturated heterocycles. The van der Waals surface area contributed by atoms with Crippen molar-refractivity contribution in [3.8, 4) is 5.75 Å². The first-order valence-electron chi connectivity index (χ1n) is 8.70. The molecule has 27 heavy (non-hydrogen) atoms. The van der Waals surface area contributed by atoms with Crippen LogP contribution >= 0.6 is 0 Å². The number of nitrogens with zero attached hydrogens (tertiary/aromatic N) is 1. The van der Waals surface area contributed by atoms with E-state index in [9.17, 15) is 0 Å². The Morgan fingerprint density at radius 2 is 1.59 bits per heavy atom. The highest BCUT2D eigenvalue weighted by Gasteiger charge is 2.51. The monoisotopic (exact) mass is 373 g/mol. The van der Waals surface area contributed by atoms with E-state index < -0.39 is 7.12 Å². The highest BCUT2D eigenvalue weighted by molar-refractivity contribution is 6.62. The molecule has 1 aromatic carbocycles. The topological polar surface area (TPSA) is 58.5 Å². The Hall–Kier alpha value is -2.25. The molecular weight excluding hydrogens is 345 g/mol. The maximum absolute atomic E-state index is 6.06. The van der Waals surface area contributed by atoms with Crippen molar-refractivity contribution in [2.45, 2.75) is 38.9 Å². The van der Waals surface area contributed by atoms with Crippen LogP contribution in [0.15, 0.2) is 53.1 Å². The number of benzene rings is 1. The molecule has 0 radical (unpaired) electrons. The van der Waals surface area contributed by atoms with Crippen molar-refractivity contribution < 1.29 is 23.5 Å². The van der Waals surface area contributed by atoms with Crippen molar-refractivity contribution in [3.05, 3.63) is 48.1 Å². The second-order valence-corrected chi connectivity index (χ2v) is 7.21. The first-order valence-corrected chi connectivity index (χ1v) is 8.70. The zero-order valence-corrected chi connectivity index (χ0v) is 17.0. The smallest absolute Gasteiger partial charge is 0.493 e. The number of ether oxygens (including phenoxy) is 3. The molecule has 0 amide bonds. The molecule has 0 atom stereocenters. The summed E-state index contributed by atoms with van der Waals surface area (Å²) in [6, 6.07) is 7.57. The Labute approximate surface area is 162 Å². The minimum Gasteiger partial charge on any atom is -0.493 e. The van der Waals surface area contributed by atoms with Crippen LogP contribution in [0, 0.1) is 0 Å². The zero-order chi connectivity index (χ0) is 20.2. The van der Waals surface area contributed by atoms with Gasteiger partial charge in [-0.15, -0.1) is 0 Å². The summed E-state index contributed by atoms with van der Waals surface area (Å²) in [6.45, 7) is 15.6. The molecule has 1 heterocycles. The third kappa shape index (κ3) is 4.54. The molecule has 0 unspecified atom stereocenters. The van der Waals surface area contributed by atoms with E-state index in [2.05, 4.69) is 18.3 Å². The molecule has 146 valence electrons. The number of methoxy groups -OCH3 is 2. The van der Waals surface area contributed by atoms with Gasteiger partial charge in [0.05, 0.1) is 25.4 Å². The zero-order valence-electron chi connectivity index (χ0n) is 17.0. The molecular formula is C20H28BNO5. The largest absolute Gasteiger partial charge is 0.494 e. The summed E-state index contributed by atoms with van der Waals surface area (Å²) in [5.74, 6) is 1.44. The van der Waals surface area contributed by atoms with Gasteiger partial charge in [-0.05, 0) is 52.0 Å². The van der Waals surface area contributed by atoms with Gasteiger partial charge in [0.2, 0.25) is 0 Å². The van der Waals surface area contributed by atoms with E-state index in [1.54, 1.807) is 0 Å². The van der Waals surface area contributed by atoms with Crippen LogP contribution in [-0.2, 0) is 18.8 Å². The molecule has 0 spiro atoms. The second-order valence-electron chi connectivity index (χ2n) is 7.21. The standard InChI is InChI=1S/C20H28BNO5/c1-14(23-7)18(24-8)17(22-6)13-25-16-11-9-15(10-12-16)21-26-19(2,3)20(4,5)27-21/h9-12H,1,6,13H2,2-5,7-8H3/b18-17+. The van der Waals surface area contributed by atoms with E-state index in [4.69, 9.17) is 23.5 Å². The van der Waals surface area contributed by atoms with Gasteiger partial charge in [0, 0.05) is 0 Å². The van der Waals surface area contributed by atoms with Crippen LogP contribution in [0.4, 0.5) is 0 Å². The van der Waals surface area contributed by atoms with Crippen LogP contribution in [0.25, 0.3) is 0 Å². The Morgan fingerprint density at radius 1 is 1.04 bits per heavy atom. The summed E-state index contributed by atoms with van der Waals surface area (Å²) >= 11 is 0. The Kier molecular flexibility index (Phi) is 6.39. The molecule has 2 rings (SSSR count). The lowest BCUT2D eigenvalue weighted by Gasteiger charge is -2.32. The Balaban J connectivity index is 2.07. The molecule has 1 aromatic rings. The average Bonchev–Trinajstić information content (AvgIpc) is 2.86. The van der Waals surface area contributed by atoms with Gasteiger partial charge in [-0.1, -0.05) is 18.7 Å². The summed E-state index contributed by atoms with van der Waals surface area (Å²) in [7, 11) is 2.63. The molecule has 1 aliphatic heterocycles. The third-order valence-corrected chi connectivity index (χ3v) is 4.94. The first kappa shape index (κ1) is 21.1. The molecule has 0 bridgehead atoms. The minimum absolute atomic E-state index is 0.172. The van der Waals surface area contributed by atoms with Crippen molar-refractivity contribution >= 4 is 19.3 Å². The van der Waals surface area contributed by atoms with Crippen LogP contribution in [0.2, 0.25) is 0 Å². The summed E-state index contributed by atoms with van der Waals surface area (Å²) in [4.78, 5) is 3.95. The van der Waals surface area contributed by atoms with Crippen LogP contribution in [0.3, 0.4) is 0 Å². The summed E-state index contributed by atoms with van der Waals surface area (Å²) in [6.07, 6.45) is 0. The molecule has 7 heteroatoms. The second kappa shape index (κ2) is 8.19. The maximum atomic E-state index is 6.06. The number of aliphatic imine (C=N–C) groups is 1. The van der Waals surface area contributed by atoms with Crippen molar-refractivity contribution in [1.82, 2.24) is 0 Å². The lowest BCUT2D eigenvalue weighted by atomic mass is 9.79. The van der Waals surface area contributed by atoms with Crippen molar-refractivity contribution in [3.63, 3.8) is 0 Å². The maximum Gasteiger partial charge on any atom is 0.494 e. The molecule has 0 N–H and O–H groups in total. The highest BCUT2D eigenvalue weighted by Crippen LogP contribution is 2.36. The van der Waals surface area contributed by atoms with Gasteiger partial charge in [0.25, 0.3) is 0 Å². The molecule has 1 fully saturated rings. The van der Waals surface area contributed by atoms with Crippen molar-refractivity contribution in [2.24, 2.45) is 4.99 Å². The number of rotatable bonds is 8. The van der Waals surface area contributed by atoms with Crippen LogP contribution in [0.1, 0.15) is 27.7 Å². The quantitative estimate of drug-likeness (QED) is 0.303. The normalized spacial score (nSPS) is 18.5. The molecule has 1 aliphatic rings. The molecule has 6 nitrogen and oxygen atoms in total. The van der Waals surface area contributed by atoms with Gasteiger partial charge < -0.3 is 23.5 Å². The van der Waals surface area contributed by atoms with Crippen LogP contribution in [-0.4, -0.2) is 45.9 Å². The van der Waals surface area contributed by atoms with Gasteiger partial charge in [-0.3, -0.25) is 4.99 Å². The fourth-order valence-electron chi connectivity index (χ4n) is 2.52. The fourth-order valence-corrected chi connectivity index (χ4v) is 2.52. The first-order chi connectivity index (χ1) is 12.6. The molecule has 0 aliphatic carbocycles. The summed E-state index contributed by atoms with van der Waals surface area (Å²) < 4.78 is 28.3. The van der Waals surface area contributed by atoms with E-state index >= 15 is 0 Å². The highest BCUT2D eigenvalue weighted by atomic mass is 16.7. The van der Waals surface area contributed by atoms with Gasteiger partial charge in [0.15, 0.2) is 11.5 Å². The average molecular weight is 373 g/mol. The SMILES string of the molecule is C=N/C(COc1ccc(B2OC(C)(C)C(C)(C)O2)cc1)=C(/OC)C(=C)OC. The van der Waals surface area contributed by atoms with E-state index in [0.29, 0.717) is 23.0 Å². The minimum atomic E-state index is -0.403. The Bertz CT molecular complexity index is 708. The molecule has 0 saturated carbocycles. The van der Waals surface area contributed by atoms with Gasteiger partial charge in [-0.25, -0.2) is 0 Å². The van der Waals surface area contributed by atoms with Gasteiger partial charge >= 0.3 is 7.12 Å².